The van der Waals surface area contributed by atoms with Crippen LogP contribution < -0.4 is 16.1 Å². The minimum atomic E-state index is -0.679. The molecular formula is C15H15ClFN3O3. The monoisotopic (exact) mass is 339 g/mol. The SMILES string of the molecule is O=c1n(-c2c(F)cc(Cl)c3c2CCCO3)c(=O)n2n1CCCC2. The van der Waals surface area contributed by atoms with E-state index in [2.05, 4.69) is 0 Å². The maximum Gasteiger partial charge on any atom is 0.351 e. The number of halogens is 2. The Morgan fingerprint density at radius 1 is 1.09 bits per heavy atom. The summed E-state index contributed by atoms with van der Waals surface area (Å²) in [7, 11) is 0. The Bertz CT molecular complexity index is 875. The van der Waals surface area contributed by atoms with Gasteiger partial charge in [-0.25, -0.2) is 27.9 Å². The van der Waals surface area contributed by atoms with Crippen LogP contribution in [0.5, 0.6) is 5.75 Å². The van der Waals surface area contributed by atoms with Crippen LogP contribution >= 0.6 is 11.6 Å². The molecule has 0 atom stereocenters. The zero-order chi connectivity index (χ0) is 16.1. The van der Waals surface area contributed by atoms with Crippen molar-refractivity contribution >= 4 is 11.6 Å². The Labute approximate surface area is 135 Å². The number of rotatable bonds is 1. The topological polar surface area (TPSA) is 58.2 Å². The van der Waals surface area contributed by atoms with Crippen molar-refractivity contribution in [3.05, 3.63) is 43.4 Å². The van der Waals surface area contributed by atoms with E-state index < -0.39 is 17.2 Å². The van der Waals surface area contributed by atoms with Gasteiger partial charge in [-0.15, -0.1) is 0 Å². The van der Waals surface area contributed by atoms with E-state index in [1.807, 2.05) is 0 Å². The Hall–Kier alpha value is -2.02. The summed E-state index contributed by atoms with van der Waals surface area (Å²) in [6.45, 7) is 1.42. The molecule has 8 heteroatoms. The number of hydrogen-bond donors (Lipinski definition) is 0. The van der Waals surface area contributed by atoms with Crippen molar-refractivity contribution in [2.24, 2.45) is 0 Å². The summed E-state index contributed by atoms with van der Waals surface area (Å²) < 4.78 is 23.8. The second kappa shape index (κ2) is 5.26. The van der Waals surface area contributed by atoms with Gasteiger partial charge in [-0.1, -0.05) is 11.6 Å². The molecule has 1 aromatic heterocycles. The summed E-state index contributed by atoms with van der Waals surface area (Å²) in [5.41, 5.74) is -0.551. The summed E-state index contributed by atoms with van der Waals surface area (Å²) in [5.74, 6) is -0.309. The third-order valence-corrected chi connectivity index (χ3v) is 4.68. The highest BCUT2D eigenvalue weighted by atomic mass is 35.5. The van der Waals surface area contributed by atoms with Crippen LogP contribution in [-0.2, 0) is 19.5 Å². The largest absolute Gasteiger partial charge is 0.492 e. The quantitative estimate of drug-likeness (QED) is 0.794. The van der Waals surface area contributed by atoms with Gasteiger partial charge in [-0.2, -0.15) is 0 Å². The van der Waals surface area contributed by atoms with Gasteiger partial charge in [0.05, 0.1) is 17.3 Å². The zero-order valence-electron chi connectivity index (χ0n) is 12.3. The van der Waals surface area contributed by atoms with Gasteiger partial charge >= 0.3 is 11.4 Å². The van der Waals surface area contributed by atoms with Crippen LogP contribution in [0.25, 0.3) is 5.69 Å². The molecule has 1 aromatic carbocycles. The number of fused-ring (bicyclic) bond motifs is 2. The predicted octanol–water partition coefficient (Wildman–Crippen LogP) is 1.71. The van der Waals surface area contributed by atoms with Crippen molar-refractivity contribution in [1.29, 1.82) is 0 Å². The summed E-state index contributed by atoms with van der Waals surface area (Å²) in [5, 5.41) is 0.165. The van der Waals surface area contributed by atoms with E-state index in [0.717, 1.165) is 23.5 Å². The van der Waals surface area contributed by atoms with E-state index in [1.165, 1.54) is 9.36 Å². The van der Waals surface area contributed by atoms with E-state index >= 15 is 0 Å². The van der Waals surface area contributed by atoms with Gasteiger partial charge < -0.3 is 4.74 Å². The van der Waals surface area contributed by atoms with Crippen molar-refractivity contribution in [1.82, 2.24) is 13.9 Å². The average Bonchev–Trinajstić information content (AvgIpc) is 2.81. The highest BCUT2D eigenvalue weighted by Crippen LogP contribution is 2.37. The van der Waals surface area contributed by atoms with Gasteiger partial charge in [-0.3, -0.25) is 0 Å². The fourth-order valence-corrected chi connectivity index (χ4v) is 3.62. The maximum atomic E-state index is 14.6. The third kappa shape index (κ3) is 2.06. The molecule has 0 amide bonds. The van der Waals surface area contributed by atoms with Crippen molar-refractivity contribution in [2.45, 2.75) is 38.8 Å². The van der Waals surface area contributed by atoms with Gasteiger partial charge in [0.2, 0.25) is 0 Å². The van der Waals surface area contributed by atoms with Crippen LogP contribution in [0.15, 0.2) is 15.7 Å². The van der Waals surface area contributed by atoms with Gasteiger partial charge in [0.1, 0.15) is 11.6 Å². The molecule has 0 fully saturated rings. The van der Waals surface area contributed by atoms with Crippen LogP contribution in [0.4, 0.5) is 4.39 Å². The molecule has 0 unspecified atom stereocenters. The Kier molecular flexibility index (Phi) is 3.33. The van der Waals surface area contributed by atoms with Crippen LogP contribution in [0.2, 0.25) is 5.02 Å². The van der Waals surface area contributed by atoms with E-state index in [0.29, 0.717) is 43.9 Å². The summed E-state index contributed by atoms with van der Waals surface area (Å²) in [6, 6.07) is 1.11. The van der Waals surface area contributed by atoms with E-state index in [-0.39, 0.29) is 10.7 Å². The minimum absolute atomic E-state index is 0.0199. The van der Waals surface area contributed by atoms with Gasteiger partial charge in [0, 0.05) is 18.7 Å². The molecule has 0 bridgehead atoms. The van der Waals surface area contributed by atoms with E-state index in [4.69, 9.17) is 16.3 Å². The first-order chi connectivity index (χ1) is 11.1. The smallest absolute Gasteiger partial charge is 0.351 e. The first kappa shape index (κ1) is 14.6. The minimum Gasteiger partial charge on any atom is -0.492 e. The number of aromatic nitrogens is 3. The lowest BCUT2D eigenvalue weighted by atomic mass is 10.0. The molecular weight excluding hydrogens is 325 g/mol. The zero-order valence-corrected chi connectivity index (χ0v) is 13.1. The van der Waals surface area contributed by atoms with Gasteiger partial charge in [-0.05, 0) is 31.7 Å². The van der Waals surface area contributed by atoms with Crippen LogP contribution in [0.3, 0.4) is 0 Å². The van der Waals surface area contributed by atoms with Crippen molar-refractivity contribution < 1.29 is 9.13 Å². The predicted molar refractivity (Wildman–Crippen MR) is 82.3 cm³/mol. The van der Waals surface area contributed by atoms with Crippen molar-refractivity contribution in [2.75, 3.05) is 6.61 Å². The van der Waals surface area contributed by atoms with Crippen LogP contribution in [0.1, 0.15) is 24.8 Å². The molecule has 122 valence electrons. The Morgan fingerprint density at radius 3 is 2.39 bits per heavy atom. The average molecular weight is 340 g/mol. The molecule has 0 aliphatic carbocycles. The fourth-order valence-electron chi connectivity index (χ4n) is 3.36. The third-order valence-electron chi connectivity index (χ3n) is 4.40. The second-order valence-corrected chi connectivity index (χ2v) is 6.21. The van der Waals surface area contributed by atoms with Crippen LogP contribution in [0, 0.1) is 5.82 Å². The summed E-state index contributed by atoms with van der Waals surface area (Å²) in [4.78, 5) is 25.2. The highest BCUT2D eigenvalue weighted by Gasteiger charge is 2.28. The van der Waals surface area contributed by atoms with Gasteiger partial charge in [0.15, 0.2) is 0 Å². The van der Waals surface area contributed by atoms with E-state index in [1.54, 1.807) is 0 Å². The standard InChI is InChI=1S/C15H15ClFN3O3/c16-10-8-11(17)12(9-4-3-7-23-13(9)10)20-14(21)18-5-1-2-6-19(18)15(20)22/h8H,1-7H2. The summed E-state index contributed by atoms with van der Waals surface area (Å²) in [6.07, 6.45) is 2.85. The van der Waals surface area contributed by atoms with Crippen molar-refractivity contribution in [3.8, 4) is 11.4 Å². The number of hydrogen-bond acceptors (Lipinski definition) is 3. The number of benzene rings is 1. The Morgan fingerprint density at radius 2 is 1.74 bits per heavy atom. The Balaban J connectivity index is 2.05. The molecule has 3 heterocycles. The lowest BCUT2D eigenvalue weighted by molar-refractivity contribution is 0.287. The normalized spacial score (nSPS) is 16.6. The molecule has 23 heavy (non-hydrogen) atoms. The van der Waals surface area contributed by atoms with Crippen molar-refractivity contribution in [3.63, 3.8) is 0 Å². The van der Waals surface area contributed by atoms with Crippen LogP contribution in [-0.4, -0.2) is 20.5 Å². The number of nitrogens with zero attached hydrogens (tertiary/aromatic N) is 3. The van der Waals surface area contributed by atoms with Gasteiger partial charge in [0.25, 0.3) is 0 Å². The molecule has 2 aromatic rings. The number of ether oxygens (including phenoxy) is 1. The maximum absolute atomic E-state index is 14.6. The fraction of sp³-hybridized carbons (Fsp3) is 0.467. The first-order valence-electron chi connectivity index (χ1n) is 7.66. The lowest BCUT2D eigenvalue weighted by Crippen LogP contribution is -2.30. The molecule has 2 aliphatic rings. The molecule has 0 saturated heterocycles. The molecule has 0 N–H and O–H groups in total. The molecule has 2 aliphatic heterocycles. The molecule has 0 spiro atoms. The molecule has 0 radical (unpaired) electrons. The first-order valence-corrected chi connectivity index (χ1v) is 8.04. The van der Waals surface area contributed by atoms with E-state index in [9.17, 15) is 14.0 Å². The second-order valence-electron chi connectivity index (χ2n) is 5.80. The highest BCUT2D eigenvalue weighted by molar-refractivity contribution is 6.32. The molecule has 0 saturated carbocycles. The summed E-state index contributed by atoms with van der Waals surface area (Å²) >= 11 is 6.05. The molecule has 6 nitrogen and oxygen atoms in total. The lowest BCUT2D eigenvalue weighted by Gasteiger charge is -2.21. The molecule has 4 rings (SSSR count).